The second-order valence-electron chi connectivity index (χ2n) is 4.85. The lowest BCUT2D eigenvalue weighted by Gasteiger charge is -2.52. The van der Waals surface area contributed by atoms with Crippen molar-refractivity contribution in [3.8, 4) is 0 Å². The van der Waals surface area contributed by atoms with Crippen molar-refractivity contribution in [1.82, 2.24) is 0 Å². The molecule has 1 aromatic carbocycles. The number of hydrogen-bond acceptors (Lipinski definition) is 4. The van der Waals surface area contributed by atoms with Gasteiger partial charge in [0.2, 0.25) is 0 Å². The molecule has 1 saturated carbocycles. The summed E-state index contributed by atoms with van der Waals surface area (Å²) in [6.07, 6.45) is 0.666. The normalized spacial score (nSPS) is 19.2. The molecular formula is C14H16Cl2O4. The van der Waals surface area contributed by atoms with Crippen LogP contribution in [0.25, 0.3) is 0 Å². The Kier molecular flexibility index (Phi) is 4.30. The van der Waals surface area contributed by atoms with Crippen LogP contribution in [0.5, 0.6) is 0 Å². The second kappa shape index (κ2) is 5.53. The fourth-order valence-electron chi connectivity index (χ4n) is 2.75. The van der Waals surface area contributed by atoms with E-state index in [1.165, 1.54) is 7.11 Å². The Balaban J connectivity index is 2.46. The van der Waals surface area contributed by atoms with Crippen LogP contribution in [0.15, 0.2) is 18.2 Å². The van der Waals surface area contributed by atoms with E-state index in [0.717, 1.165) is 0 Å². The van der Waals surface area contributed by atoms with Gasteiger partial charge in [-0.25, -0.2) is 0 Å². The standard InChI is InChI=1S/C14H16Cl2O4/c1-18-12(17)13(7-14(8-13,19-2)20-3)9-5-4-6-10(15)11(9)16/h4-6H,7-8H2,1-3H3. The molecular weight excluding hydrogens is 303 g/mol. The predicted molar refractivity (Wildman–Crippen MR) is 76.1 cm³/mol. The Morgan fingerprint density at radius 1 is 1.15 bits per heavy atom. The van der Waals surface area contributed by atoms with E-state index >= 15 is 0 Å². The lowest BCUT2D eigenvalue weighted by atomic mass is 9.60. The van der Waals surface area contributed by atoms with Crippen molar-refractivity contribution < 1.29 is 19.0 Å². The third-order valence-corrected chi connectivity index (χ3v) is 4.75. The average Bonchev–Trinajstić information content (AvgIpc) is 2.42. The zero-order valence-corrected chi connectivity index (χ0v) is 13.0. The van der Waals surface area contributed by atoms with Crippen LogP contribution in [0.3, 0.4) is 0 Å². The third kappa shape index (κ3) is 2.21. The smallest absolute Gasteiger partial charge is 0.316 e. The summed E-state index contributed by atoms with van der Waals surface area (Å²) in [5, 5.41) is 0.764. The van der Waals surface area contributed by atoms with Crippen molar-refractivity contribution in [2.75, 3.05) is 21.3 Å². The summed E-state index contributed by atoms with van der Waals surface area (Å²) in [4.78, 5) is 12.3. The van der Waals surface area contributed by atoms with E-state index in [1.54, 1.807) is 32.4 Å². The minimum absolute atomic E-state index is 0.333. The van der Waals surface area contributed by atoms with E-state index < -0.39 is 11.2 Å². The molecule has 0 N–H and O–H groups in total. The van der Waals surface area contributed by atoms with Crippen molar-refractivity contribution in [2.45, 2.75) is 24.0 Å². The highest BCUT2D eigenvalue weighted by molar-refractivity contribution is 6.42. The predicted octanol–water partition coefficient (Wildman–Crippen LogP) is 3.19. The highest BCUT2D eigenvalue weighted by Gasteiger charge is 2.62. The topological polar surface area (TPSA) is 44.8 Å². The number of halogens is 2. The molecule has 0 aromatic heterocycles. The van der Waals surface area contributed by atoms with Gasteiger partial charge in [-0.15, -0.1) is 0 Å². The summed E-state index contributed by atoms with van der Waals surface area (Å²) >= 11 is 12.3. The molecule has 4 nitrogen and oxygen atoms in total. The minimum Gasteiger partial charge on any atom is -0.468 e. The van der Waals surface area contributed by atoms with E-state index in [2.05, 4.69) is 0 Å². The van der Waals surface area contributed by atoms with Crippen molar-refractivity contribution in [1.29, 1.82) is 0 Å². The van der Waals surface area contributed by atoms with Crippen molar-refractivity contribution in [3.63, 3.8) is 0 Å². The first kappa shape index (κ1) is 15.6. The van der Waals surface area contributed by atoms with Crippen LogP contribution in [-0.2, 0) is 24.4 Å². The molecule has 0 bridgehead atoms. The molecule has 1 aromatic rings. The van der Waals surface area contributed by atoms with Gasteiger partial charge in [0.1, 0.15) is 5.41 Å². The van der Waals surface area contributed by atoms with Gasteiger partial charge in [0, 0.05) is 27.1 Å². The van der Waals surface area contributed by atoms with Crippen molar-refractivity contribution in [2.24, 2.45) is 0 Å². The molecule has 1 fully saturated rings. The average molecular weight is 319 g/mol. The minimum atomic E-state index is -0.886. The van der Waals surface area contributed by atoms with Crippen LogP contribution < -0.4 is 0 Å². The fourth-order valence-corrected chi connectivity index (χ4v) is 3.23. The lowest BCUT2D eigenvalue weighted by Crippen LogP contribution is -2.61. The molecule has 0 spiro atoms. The maximum atomic E-state index is 12.3. The van der Waals surface area contributed by atoms with Crippen molar-refractivity contribution >= 4 is 29.2 Å². The third-order valence-electron chi connectivity index (χ3n) is 3.93. The summed E-state index contributed by atoms with van der Waals surface area (Å²) < 4.78 is 15.7. The molecule has 20 heavy (non-hydrogen) atoms. The molecule has 0 heterocycles. The van der Waals surface area contributed by atoms with E-state index in [4.69, 9.17) is 37.4 Å². The first-order valence-corrected chi connectivity index (χ1v) is 6.83. The summed E-state index contributed by atoms with van der Waals surface area (Å²) in [5.74, 6) is -1.16. The number of ether oxygens (including phenoxy) is 3. The van der Waals surface area contributed by atoms with Crippen LogP contribution >= 0.6 is 23.2 Å². The SMILES string of the molecule is COC(=O)C1(c2cccc(Cl)c2Cl)CC(OC)(OC)C1. The van der Waals surface area contributed by atoms with Gasteiger partial charge < -0.3 is 14.2 Å². The Hall–Kier alpha value is -0.810. The van der Waals surface area contributed by atoms with Gasteiger partial charge >= 0.3 is 5.97 Å². The molecule has 0 radical (unpaired) electrons. The number of benzene rings is 1. The number of methoxy groups -OCH3 is 3. The Labute approximate surface area is 127 Å². The molecule has 0 amide bonds. The Bertz CT molecular complexity index is 518. The first-order valence-electron chi connectivity index (χ1n) is 6.08. The molecule has 0 saturated heterocycles. The molecule has 0 atom stereocenters. The van der Waals surface area contributed by atoms with E-state index in [9.17, 15) is 4.79 Å². The van der Waals surface area contributed by atoms with Gasteiger partial charge in [0.05, 0.1) is 17.2 Å². The van der Waals surface area contributed by atoms with Crippen molar-refractivity contribution in [3.05, 3.63) is 33.8 Å². The molecule has 2 rings (SSSR count). The number of rotatable bonds is 4. The Morgan fingerprint density at radius 3 is 2.25 bits per heavy atom. The summed E-state index contributed by atoms with van der Waals surface area (Å²) in [6, 6.07) is 5.21. The zero-order valence-electron chi connectivity index (χ0n) is 11.5. The first-order chi connectivity index (χ1) is 9.44. The van der Waals surface area contributed by atoms with Gasteiger partial charge in [-0.1, -0.05) is 35.3 Å². The molecule has 1 aliphatic rings. The second-order valence-corrected chi connectivity index (χ2v) is 5.63. The highest BCUT2D eigenvalue weighted by atomic mass is 35.5. The summed E-state index contributed by atoms with van der Waals surface area (Å²) in [7, 11) is 4.44. The van der Waals surface area contributed by atoms with Gasteiger partial charge in [-0.2, -0.15) is 0 Å². The number of carbonyl (C=O) groups excluding carboxylic acids is 1. The molecule has 110 valence electrons. The van der Waals surface area contributed by atoms with E-state index in [-0.39, 0.29) is 5.97 Å². The lowest BCUT2D eigenvalue weighted by molar-refractivity contribution is -0.278. The summed E-state index contributed by atoms with van der Waals surface area (Å²) in [5.41, 5.74) is -0.244. The Morgan fingerprint density at radius 2 is 1.75 bits per heavy atom. The monoisotopic (exact) mass is 318 g/mol. The number of carbonyl (C=O) groups is 1. The van der Waals surface area contributed by atoms with Gasteiger partial charge in [-0.3, -0.25) is 4.79 Å². The van der Waals surface area contributed by atoms with Crippen LogP contribution in [0.2, 0.25) is 10.0 Å². The molecule has 6 heteroatoms. The maximum absolute atomic E-state index is 12.3. The van der Waals surface area contributed by atoms with Crippen LogP contribution in [0.1, 0.15) is 18.4 Å². The quantitative estimate of drug-likeness (QED) is 0.631. The van der Waals surface area contributed by atoms with Crippen LogP contribution in [0.4, 0.5) is 0 Å². The molecule has 1 aliphatic carbocycles. The van der Waals surface area contributed by atoms with Crippen LogP contribution in [0, 0.1) is 0 Å². The van der Waals surface area contributed by atoms with Crippen LogP contribution in [-0.4, -0.2) is 33.1 Å². The maximum Gasteiger partial charge on any atom is 0.316 e. The van der Waals surface area contributed by atoms with E-state index in [0.29, 0.717) is 28.5 Å². The summed E-state index contributed by atoms with van der Waals surface area (Å²) in [6.45, 7) is 0. The largest absolute Gasteiger partial charge is 0.468 e. The highest BCUT2D eigenvalue weighted by Crippen LogP contribution is 2.55. The molecule has 0 unspecified atom stereocenters. The molecule has 0 aliphatic heterocycles. The fraction of sp³-hybridized carbons (Fsp3) is 0.500. The number of esters is 1. The van der Waals surface area contributed by atoms with Gasteiger partial charge in [0.25, 0.3) is 0 Å². The van der Waals surface area contributed by atoms with E-state index in [1.807, 2.05) is 0 Å². The number of hydrogen-bond donors (Lipinski definition) is 0. The van der Waals surface area contributed by atoms with Gasteiger partial charge in [0.15, 0.2) is 5.79 Å². The van der Waals surface area contributed by atoms with Gasteiger partial charge in [-0.05, 0) is 11.6 Å². The zero-order chi connectivity index (χ0) is 15.0.